The van der Waals surface area contributed by atoms with E-state index in [4.69, 9.17) is 5.26 Å². The number of nitriles is 1. The van der Waals surface area contributed by atoms with E-state index in [9.17, 15) is 23.2 Å². The second kappa shape index (κ2) is 7.43. The summed E-state index contributed by atoms with van der Waals surface area (Å²) in [7, 11) is 1.76. The van der Waals surface area contributed by atoms with E-state index in [-0.39, 0.29) is 5.91 Å². The minimum absolute atomic E-state index is 0.0895. The molecule has 10 heteroatoms. The molecule has 2 heterocycles. The van der Waals surface area contributed by atoms with Gasteiger partial charge >= 0.3 is 6.03 Å². The Morgan fingerprint density at radius 3 is 2.24 bits per heavy atom. The molecule has 4 amide bonds. The van der Waals surface area contributed by atoms with Crippen molar-refractivity contribution in [2.75, 3.05) is 26.7 Å². The molecule has 1 saturated carbocycles. The molecule has 0 aromatic carbocycles. The van der Waals surface area contributed by atoms with Gasteiger partial charge in [0.05, 0.1) is 11.5 Å². The minimum atomic E-state index is -3.16. The quantitative estimate of drug-likeness (QED) is 0.710. The summed E-state index contributed by atoms with van der Waals surface area (Å²) < 4.78 is 27.2. The highest BCUT2D eigenvalue weighted by Crippen LogP contribution is 2.41. The highest BCUT2D eigenvalue weighted by Gasteiger charge is 2.49. The number of nitrogens with one attached hydrogen (secondary N) is 2. The first kappa shape index (κ1) is 21.3. The Kier molecular flexibility index (Phi) is 5.45. The SMILES string of the molecule is CN1CCC2(CCN(C(=O)NC(CC(C)(F)F)C(=O)NC3(C#N)CC3)CC2)C1=O. The lowest BCUT2D eigenvalue weighted by atomic mass is 9.77. The van der Waals surface area contributed by atoms with Gasteiger partial charge in [-0.3, -0.25) is 9.59 Å². The van der Waals surface area contributed by atoms with Crippen molar-refractivity contribution < 1.29 is 23.2 Å². The molecule has 1 atom stereocenters. The number of hydrogen-bond acceptors (Lipinski definition) is 4. The van der Waals surface area contributed by atoms with Gasteiger partial charge in [-0.1, -0.05) is 0 Å². The summed E-state index contributed by atoms with van der Waals surface area (Å²) in [6.07, 6.45) is 1.86. The van der Waals surface area contributed by atoms with Crippen LogP contribution >= 0.6 is 0 Å². The summed E-state index contributed by atoms with van der Waals surface area (Å²) in [4.78, 5) is 40.6. The molecule has 0 bridgehead atoms. The number of alkyl halides is 2. The van der Waals surface area contributed by atoms with Crippen molar-refractivity contribution in [2.45, 2.75) is 63.0 Å². The highest BCUT2D eigenvalue weighted by molar-refractivity contribution is 5.88. The Labute approximate surface area is 168 Å². The molecule has 29 heavy (non-hydrogen) atoms. The van der Waals surface area contributed by atoms with Crippen LogP contribution in [0, 0.1) is 16.7 Å². The van der Waals surface area contributed by atoms with Crippen LogP contribution in [0.15, 0.2) is 0 Å². The molecule has 1 aliphatic carbocycles. The van der Waals surface area contributed by atoms with E-state index in [2.05, 4.69) is 10.6 Å². The van der Waals surface area contributed by atoms with Gasteiger partial charge < -0.3 is 20.4 Å². The van der Waals surface area contributed by atoms with Crippen molar-refractivity contribution >= 4 is 17.8 Å². The second-order valence-corrected chi connectivity index (χ2v) is 8.70. The number of urea groups is 1. The van der Waals surface area contributed by atoms with Crippen molar-refractivity contribution in [1.29, 1.82) is 5.26 Å². The van der Waals surface area contributed by atoms with Crippen LogP contribution in [0.5, 0.6) is 0 Å². The first-order chi connectivity index (χ1) is 13.5. The molecule has 8 nitrogen and oxygen atoms in total. The van der Waals surface area contributed by atoms with Crippen LogP contribution in [-0.4, -0.2) is 71.8 Å². The largest absolute Gasteiger partial charge is 0.345 e. The van der Waals surface area contributed by atoms with Gasteiger partial charge in [-0.2, -0.15) is 5.26 Å². The number of amides is 4. The molecular formula is C19H27F2N5O3. The third kappa shape index (κ3) is 4.60. The van der Waals surface area contributed by atoms with Crippen LogP contribution < -0.4 is 10.6 Å². The van der Waals surface area contributed by atoms with Crippen LogP contribution in [0.2, 0.25) is 0 Å². The zero-order valence-electron chi connectivity index (χ0n) is 16.8. The van der Waals surface area contributed by atoms with Gasteiger partial charge in [-0.15, -0.1) is 0 Å². The first-order valence-electron chi connectivity index (χ1n) is 9.91. The maximum absolute atomic E-state index is 13.6. The summed E-state index contributed by atoms with van der Waals surface area (Å²) in [5.74, 6) is -3.85. The Bertz CT molecular complexity index is 733. The molecule has 1 unspecified atom stereocenters. The van der Waals surface area contributed by atoms with Gasteiger partial charge in [-0.05, 0) is 39.0 Å². The molecular weight excluding hydrogens is 384 g/mol. The number of nitrogens with zero attached hydrogens (tertiary/aromatic N) is 3. The average Bonchev–Trinajstić information content (AvgIpc) is 3.38. The van der Waals surface area contributed by atoms with E-state index in [1.165, 1.54) is 4.90 Å². The lowest BCUT2D eigenvalue weighted by Gasteiger charge is -2.38. The predicted octanol–water partition coefficient (Wildman–Crippen LogP) is 1.23. The molecule has 0 aromatic heterocycles. The smallest absolute Gasteiger partial charge is 0.318 e. The van der Waals surface area contributed by atoms with E-state index in [1.54, 1.807) is 11.9 Å². The zero-order valence-corrected chi connectivity index (χ0v) is 16.8. The fourth-order valence-corrected chi connectivity index (χ4v) is 4.12. The fraction of sp³-hybridized carbons (Fsp3) is 0.789. The number of rotatable bonds is 5. The minimum Gasteiger partial charge on any atom is -0.345 e. The summed E-state index contributed by atoms with van der Waals surface area (Å²) in [5, 5.41) is 14.0. The maximum atomic E-state index is 13.6. The van der Waals surface area contributed by atoms with E-state index < -0.39 is 41.3 Å². The number of halogens is 2. The predicted molar refractivity (Wildman–Crippen MR) is 98.8 cm³/mol. The Balaban J connectivity index is 1.60. The van der Waals surface area contributed by atoms with Crippen molar-refractivity contribution in [2.24, 2.45) is 5.41 Å². The van der Waals surface area contributed by atoms with Gasteiger partial charge in [0.25, 0.3) is 0 Å². The normalized spacial score (nSPS) is 23.5. The van der Waals surface area contributed by atoms with Gasteiger partial charge in [0.15, 0.2) is 0 Å². The Morgan fingerprint density at radius 1 is 1.21 bits per heavy atom. The van der Waals surface area contributed by atoms with E-state index >= 15 is 0 Å². The van der Waals surface area contributed by atoms with Crippen molar-refractivity contribution in [3.63, 3.8) is 0 Å². The number of carbonyl (C=O) groups is 3. The van der Waals surface area contributed by atoms with E-state index in [0.29, 0.717) is 52.2 Å². The molecule has 3 fully saturated rings. The van der Waals surface area contributed by atoms with Gasteiger partial charge in [0, 0.05) is 33.1 Å². The van der Waals surface area contributed by atoms with Crippen LogP contribution in [0.3, 0.4) is 0 Å². The van der Waals surface area contributed by atoms with Gasteiger partial charge in [0.1, 0.15) is 11.6 Å². The molecule has 3 rings (SSSR count). The van der Waals surface area contributed by atoms with E-state index in [1.807, 2.05) is 6.07 Å². The average molecular weight is 411 g/mol. The first-order valence-corrected chi connectivity index (χ1v) is 9.91. The van der Waals surface area contributed by atoms with Gasteiger partial charge in [0.2, 0.25) is 17.7 Å². The fourth-order valence-electron chi connectivity index (χ4n) is 4.12. The molecule has 2 N–H and O–H groups in total. The van der Waals surface area contributed by atoms with Crippen LogP contribution in [-0.2, 0) is 9.59 Å². The molecule has 0 radical (unpaired) electrons. The summed E-state index contributed by atoms with van der Waals surface area (Å²) in [5.41, 5.74) is -1.45. The highest BCUT2D eigenvalue weighted by atomic mass is 19.3. The number of carbonyl (C=O) groups excluding carboxylic acids is 3. The number of likely N-dealkylation sites (tertiary alicyclic amines) is 2. The second-order valence-electron chi connectivity index (χ2n) is 8.70. The summed E-state index contributed by atoms with van der Waals surface area (Å²) in [6.45, 7) is 2.03. The Morgan fingerprint density at radius 2 is 1.79 bits per heavy atom. The van der Waals surface area contributed by atoms with Crippen molar-refractivity contribution in [3.05, 3.63) is 0 Å². The van der Waals surface area contributed by atoms with Crippen LogP contribution in [0.1, 0.15) is 45.4 Å². The molecule has 160 valence electrons. The Hall–Kier alpha value is -2.44. The third-order valence-corrected chi connectivity index (χ3v) is 6.24. The lowest BCUT2D eigenvalue weighted by Crippen LogP contribution is -2.56. The van der Waals surface area contributed by atoms with Crippen LogP contribution in [0.25, 0.3) is 0 Å². The van der Waals surface area contributed by atoms with Crippen LogP contribution in [0.4, 0.5) is 13.6 Å². The molecule has 3 aliphatic rings. The van der Waals surface area contributed by atoms with E-state index in [0.717, 1.165) is 6.42 Å². The van der Waals surface area contributed by atoms with Crippen molar-refractivity contribution in [3.8, 4) is 6.07 Å². The molecule has 1 spiro atoms. The topological polar surface area (TPSA) is 106 Å². The monoisotopic (exact) mass is 411 g/mol. The third-order valence-electron chi connectivity index (χ3n) is 6.24. The summed E-state index contributed by atoms with van der Waals surface area (Å²) in [6, 6.07) is -0.0731. The standard InChI is InChI=1S/C19H27F2N5O3/c1-17(20,21)11-13(14(27)24-19(12-22)3-4-19)23-16(29)26-9-6-18(7-10-26)5-8-25(2)15(18)28/h13H,3-11H2,1-2H3,(H,23,29)(H,24,27). The summed E-state index contributed by atoms with van der Waals surface area (Å²) >= 11 is 0. The number of hydrogen-bond donors (Lipinski definition) is 2. The van der Waals surface area contributed by atoms with Crippen molar-refractivity contribution in [1.82, 2.24) is 20.4 Å². The zero-order chi connectivity index (χ0) is 21.4. The molecule has 0 aromatic rings. The molecule has 2 aliphatic heterocycles. The lowest BCUT2D eigenvalue weighted by molar-refractivity contribution is -0.137. The maximum Gasteiger partial charge on any atom is 0.318 e. The van der Waals surface area contributed by atoms with Gasteiger partial charge in [-0.25, -0.2) is 13.6 Å². The number of piperidine rings is 1. The molecule has 2 saturated heterocycles.